The Labute approximate surface area is 230 Å². The summed E-state index contributed by atoms with van der Waals surface area (Å²) in [4.78, 5) is 32.9. The molecule has 4 heterocycles. The van der Waals surface area contributed by atoms with Gasteiger partial charge in [0.15, 0.2) is 9.84 Å². The fourth-order valence-corrected chi connectivity index (χ4v) is 7.91. The van der Waals surface area contributed by atoms with Gasteiger partial charge in [-0.1, -0.05) is 11.6 Å². The molecular weight excluding hydrogens is 548 g/mol. The second-order valence-electron chi connectivity index (χ2n) is 9.85. The lowest BCUT2D eigenvalue weighted by Gasteiger charge is -2.22. The topological polar surface area (TPSA) is 118 Å². The van der Waals surface area contributed by atoms with Crippen molar-refractivity contribution in [1.82, 2.24) is 15.2 Å². The predicted octanol–water partition coefficient (Wildman–Crippen LogP) is 3.50. The van der Waals surface area contributed by atoms with Crippen LogP contribution in [0.5, 0.6) is 0 Å². The van der Waals surface area contributed by atoms with Crippen molar-refractivity contribution in [3.05, 3.63) is 57.7 Å². The monoisotopic (exact) mass is 576 g/mol. The third kappa shape index (κ3) is 5.80. The van der Waals surface area contributed by atoms with E-state index >= 15 is 0 Å². The molecule has 0 radical (unpaired) electrons. The number of carbonyl (C=O) groups excluding carboxylic acids is 2. The van der Waals surface area contributed by atoms with Gasteiger partial charge < -0.3 is 15.0 Å². The second-order valence-corrected chi connectivity index (χ2v) is 13.5. The average molecular weight is 577 g/mol. The van der Waals surface area contributed by atoms with Crippen LogP contribution in [0.25, 0.3) is 10.1 Å². The largest absolute Gasteiger partial charge is 0.461 e. The highest BCUT2D eigenvalue weighted by molar-refractivity contribution is 7.92. The number of hydrogen-bond acceptors (Lipinski definition) is 9. The number of likely N-dealkylation sites (tertiary alicyclic amines) is 1. The highest BCUT2D eigenvalue weighted by atomic mass is 35.5. The summed E-state index contributed by atoms with van der Waals surface area (Å²) in [6, 6.07) is 8.27. The fraction of sp³-hybridized carbons (Fsp3) is 0.423. The van der Waals surface area contributed by atoms with Crippen molar-refractivity contribution in [2.24, 2.45) is 0 Å². The third-order valence-electron chi connectivity index (χ3n) is 6.56. The number of nitrogens with one attached hydrogen (secondary N) is 2. The number of anilines is 1. The molecule has 2 unspecified atom stereocenters. The number of hydrogen-bond donors (Lipinski definition) is 2. The molecule has 38 heavy (non-hydrogen) atoms. The number of fused-ring (bicyclic) bond motifs is 2. The van der Waals surface area contributed by atoms with Crippen LogP contribution >= 0.6 is 22.9 Å². The number of aromatic nitrogens is 1. The van der Waals surface area contributed by atoms with E-state index in [-0.39, 0.29) is 11.7 Å². The number of halogens is 1. The maximum absolute atomic E-state index is 13.5. The van der Waals surface area contributed by atoms with Gasteiger partial charge in [0, 0.05) is 27.7 Å². The molecule has 0 aliphatic carbocycles. The number of pyridine rings is 1. The quantitative estimate of drug-likeness (QED) is 0.372. The number of thiophene rings is 1. The van der Waals surface area contributed by atoms with E-state index in [4.69, 9.17) is 16.3 Å². The summed E-state index contributed by atoms with van der Waals surface area (Å²) in [6.07, 6.45) is 2.55. The molecule has 1 fully saturated rings. The summed E-state index contributed by atoms with van der Waals surface area (Å²) in [5, 5.41) is 5.82. The molecule has 1 aromatic carbocycles. The normalized spacial score (nSPS) is 18.2. The summed E-state index contributed by atoms with van der Waals surface area (Å²) >= 11 is 7.40. The van der Waals surface area contributed by atoms with Crippen molar-refractivity contribution in [2.75, 3.05) is 18.4 Å². The van der Waals surface area contributed by atoms with E-state index < -0.39 is 33.3 Å². The Morgan fingerprint density at radius 2 is 2.13 bits per heavy atom. The minimum Gasteiger partial charge on any atom is -0.461 e. The molecule has 12 heteroatoms. The van der Waals surface area contributed by atoms with Crippen molar-refractivity contribution in [3.63, 3.8) is 0 Å². The molecule has 1 saturated heterocycles. The van der Waals surface area contributed by atoms with Crippen LogP contribution in [0.3, 0.4) is 0 Å². The van der Waals surface area contributed by atoms with Crippen LogP contribution in [0.2, 0.25) is 5.02 Å². The summed E-state index contributed by atoms with van der Waals surface area (Å²) in [5.41, 5.74) is 2.96. The molecule has 0 saturated carbocycles. The first-order valence-corrected chi connectivity index (χ1v) is 15.4. The summed E-state index contributed by atoms with van der Waals surface area (Å²) in [6.45, 7) is 4.92. The Morgan fingerprint density at radius 3 is 2.92 bits per heavy atom. The highest BCUT2D eigenvalue weighted by Gasteiger charge is 2.41. The van der Waals surface area contributed by atoms with Crippen LogP contribution in [-0.4, -0.2) is 60.8 Å². The van der Waals surface area contributed by atoms with Crippen molar-refractivity contribution in [1.29, 1.82) is 0 Å². The summed E-state index contributed by atoms with van der Waals surface area (Å²) in [5.74, 6) is -1.55. The first-order valence-electron chi connectivity index (χ1n) is 12.5. The zero-order valence-electron chi connectivity index (χ0n) is 21.1. The van der Waals surface area contributed by atoms with Crippen LogP contribution in [0, 0.1) is 0 Å². The van der Waals surface area contributed by atoms with E-state index in [0.717, 1.165) is 34.4 Å². The van der Waals surface area contributed by atoms with Gasteiger partial charge in [-0.2, -0.15) is 0 Å². The maximum Gasteiger partial charge on any atom is 0.339 e. The lowest BCUT2D eigenvalue weighted by atomic mass is 10.2. The van der Waals surface area contributed by atoms with Gasteiger partial charge in [0.2, 0.25) is 11.3 Å². The summed E-state index contributed by atoms with van der Waals surface area (Å²) < 4.78 is 33.2. The number of carbonyl (C=O) groups is 2. The number of rotatable bonds is 9. The molecule has 3 aromatic rings. The number of benzene rings is 1. The zero-order valence-corrected chi connectivity index (χ0v) is 23.5. The second kappa shape index (κ2) is 10.8. The van der Waals surface area contributed by atoms with Gasteiger partial charge in [0.05, 0.1) is 42.0 Å². The van der Waals surface area contributed by atoms with Crippen molar-refractivity contribution in [3.8, 4) is 0 Å². The SMILES string of the molecule is CC(C)OC(=O)C(NC1CCN(Cc2cc3c(cn2)NCC3)C1=O)S(=O)(=O)Cc1cc2cc(Cl)ccc2s1. The van der Waals surface area contributed by atoms with E-state index in [2.05, 4.69) is 15.6 Å². The molecule has 2 N–H and O–H groups in total. The third-order valence-corrected chi connectivity index (χ3v) is 9.85. The van der Waals surface area contributed by atoms with Crippen molar-refractivity contribution in [2.45, 2.75) is 56.5 Å². The Hall–Kier alpha value is -2.73. The number of nitrogens with zero attached hydrogens (tertiary/aromatic N) is 2. The fourth-order valence-electron chi connectivity index (χ4n) is 4.79. The van der Waals surface area contributed by atoms with Crippen LogP contribution < -0.4 is 10.6 Å². The Balaban J connectivity index is 1.32. The molecule has 202 valence electrons. The molecule has 9 nitrogen and oxygen atoms in total. The molecule has 0 spiro atoms. The minimum absolute atomic E-state index is 0.264. The molecular formula is C26H29ClN4O5S2. The molecule has 2 aliphatic heterocycles. The van der Waals surface area contributed by atoms with E-state index in [1.807, 2.05) is 12.1 Å². The average Bonchev–Trinajstić information content (AvgIpc) is 3.55. The highest BCUT2D eigenvalue weighted by Crippen LogP contribution is 2.30. The smallest absolute Gasteiger partial charge is 0.339 e. The lowest BCUT2D eigenvalue weighted by Crippen LogP contribution is -2.52. The molecule has 2 atom stereocenters. The molecule has 5 rings (SSSR count). The van der Waals surface area contributed by atoms with Crippen molar-refractivity contribution < 1.29 is 22.7 Å². The maximum atomic E-state index is 13.5. The van der Waals surface area contributed by atoms with Gasteiger partial charge in [-0.3, -0.25) is 15.1 Å². The lowest BCUT2D eigenvalue weighted by molar-refractivity contribution is -0.147. The Kier molecular flexibility index (Phi) is 7.63. The summed E-state index contributed by atoms with van der Waals surface area (Å²) in [7, 11) is -4.07. The van der Waals surface area contributed by atoms with Gasteiger partial charge in [0.25, 0.3) is 0 Å². The van der Waals surface area contributed by atoms with Gasteiger partial charge in [-0.25, -0.2) is 13.2 Å². The van der Waals surface area contributed by atoms with Crippen molar-refractivity contribution >= 4 is 60.4 Å². The van der Waals surface area contributed by atoms with E-state index in [1.165, 1.54) is 16.9 Å². The van der Waals surface area contributed by atoms with Gasteiger partial charge in [-0.05, 0) is 68.0 Å². The molecule has 2 aromatic heterocycles. The number of esters is 1. The van der Waals surface area contributed by atoms with E-state index in [1.54, 1.807) is 43.1 Å². The van der Waals surface area contributed by atoms with Crippen LogP contribution in [0.15, 0.2) is 36.5 Å². The number of amides is 1. The first-order chi connectivity index (χ1) is 18.1. The first kappa shape index (κ1) is 26.9. The van der Waals surface area contributed by atoms with Crippen LogP contribution in [0.4, 0.5) is 5.69 Å². The predicted molar refractivity (Wildman–Crippen MR) is 148 cm³/mol. The van der Waals surface area contributed by atoms with Gasteiger partial charge in [-0.15, -0.1) is 11.3 Å². The Morgan fingerprint density at radius 1 is 1.32 bits per heavy atom. The van der Waals surface area contributed by atoms with E-state index in [9.17, 15) is 18.0 Å². The minimum atomic E-state index is -4.07. The molecule has 1 amide bonds. The standard InChI is InChI=1S/C26H29ClN4O5S2/c1-15(2)36-26(33)24(38(34,35)14-20-11-17-9-18(27)3-4-23(17)37-20)30-21-6-8-31(25(21)32)13-19-10-16-5-7-28-22(16)12-29-19/h3-4,9-12,15,21,24,28,30H,5-8,13-14H2,1-2H3. The Bertz CT molecular complexity index is 1490. The van der Waals surface area contributed by atoms with Gasteiger partial charge in [0.1, 0.15) is 0 Å². The number of sulfone groups is 1. The van der Waals surface area contributed by atoms with E-state index in [0.29, 0.717) is 29.4 Å². The zero-order chi connectivity index (χ0) is 27.0. The molecule has 0 bridgehead atoms. The molecule has 2 aliphatic rings. The number of ether oxygens (including phenoxy) is 1. The van der Waals surface area contributed by atoms with Crippen LogP contribution in [-0.2, 0) is 42.9 Å². The van der Waals surface area contributed by atoms with Crippen LogP contribution in [0.1, 0.15) is 36.4 Å². The van der Waals surface area contributed by atoms with Gasteiger partial charge >= 0.3 is 5.97 Å².